The molecule has 0 aliphatic carbocycles. The van der Waals surface area contributed by atoms with Gasteiger partial charge in [-0.05, 0) is 43.3 Å². The fourth-order valence-electron chi connectivity index (χ4n) is 3.10. The second kappa shape index (κ2) is 11.0. The number of anilines is 2. The summed E-state index contributed by atoms with van der Waals surface area (Å²) in [5.74, 6) is -1.44. The summed E-state index contributed by atoms with van der Waals surface area (Å²) >= 11 is 6.04. The number of nitro groups is 1. The number of halogens is 1. The zero-order valence-corrected chi connectivity index (χ0v) is 20.0. The van der Waals surface area contributed by atoms with Crippen LogP contribution in [0.3, 0.4) is 0 Å². The van der Waals surface area contributed by atoms with Crippen LogP contribution in [0.5, 0.6) is 0 Å². The maximum absolute atomic E-state index is 13.4. The van der Waals surface area contributed by atoms with Gasteiger partial charge in [0.25, 0.3) is 15.7 Å². The van der Waals surface area contributed by atoms with E-state index < -0.39 is 33.4 Å². The Morgan fingerprint density at radius 2 is 1.77 bits per heavy atom. The monoisotopic (exact) mass is 517 g/mol. The van der Waals surface area contributed by atoms with Crippen LogP contribution in [0.25, 0.3) is 0 Å². The SMILES string of the molecule is CCOC(=O)c1cc(NC(=O)CN(c2cccc([N+](=O)[O-])c2)S(=O)(=O)c2ccccc2)ccc1Cl. The lowest BCUT2D eigenvalue weighted by Gasteiger charge is -2.24. The van der Waals surface area contributed by atoms with Crippen molar-refractivity contribution < 1.29 is 27.7 Å². The molecule has 0 bridgehead atoms. The number of carbonyl (C=O) groups excluding carboxylic acids is 2. The van der Waals surface area contributed by atoms with E-state index in [1.165, 1.54) is 60.7 Å². The Bertz CT molecular complexity index is 1360. The molecule has 12 heteroatoms. The molecule has 0 saturated heterocycles. The van der Waals surface area contributed by atoms with Gasteiger partial charge in [0.1, 0.15) is 6.54 Å². The maximum Gasteiger partial charge on any atom is 0.339 e. The van der Waals surface area contributed by atoms with Crippen molar-refractivity contribution in [1.82, 2.24) is 0 Å². The number of sulfonamides is 1. The molecule has 0 aliphatic rings. The van der Waals surface area contributed by atoms with Gasteiger partial charge in [-0.25, -0.2) is 13.2 Å². The van der Waals surface area contributed by atoms with Gasteiger partial charge < -0.3 is 10.1 Å². The van der Waals surface area contributed by atoms with Crippen molar-refractivity contribution in [3.05, 3.63) is 93.5 Å². The maximum atomic E-state index is 13.4. The fraction of sp³-hybridized carbons (Fsp3) is 0.130. The van der Waals surface area contributed by atoms with E-state index in [0.717, 1.165) is 10.4 Å². The van der Waals surface area contributed by atoms with Crippen LogP contribution in [-0.2, 0) is 19.6 Å². The highest BCUT2D eigenvalue weighted by molar-refractivity contribution is 7.92. The lowest BCUT2D eigenvalue weighted by atomic mass is 10.2. The summed E-state index contributed by atoms with van der Waals surface area (Å²) in [4.78, 5) is 35.4. The molecule has 0 aromatic heterocycles. The van der Waals surface area contributed by atoms with Gasteiger partial charge in [-0.1, -0.05) is 35.9 Å². The number of nitrogens with one attached hydrogen (secondary N) is 1. The van der Waals surface area contributed by atoms with Crippen molar-refractivity contribution in [2.45, 2.75) is 11.8 Å². The fourth-order valence-corrected chi connectivity index (χ4v) is 4.72. The van der Waals surface area contributed by atoms with Gasteiger partial charge in [0, 0.05) is 17.8 Å². The molecule has 0 heterocycles. The van der Waals surface area contributed by atoms with E-state index >= 15 is 0 Å². The smallest absolute Gasteiger partial charge is 0.339 e. The first-order valence-electron chi connectivity index (χ1n) is 10.2. The first-order valence-corrected chi connectivity index (χ1v) is 12.0. The van der Waals surface area contributed by atoms with Crippen LogP contribution < -0.4 is 9.62 Å². The molecule has 0 aliphatic heterocycles. The van der Waals surface area contributed by atoms with Gasteiger partial charge >= 0.3 is 5.97 Å². The summed E-state index contributed by atoms with van der Waals surface area (Å²) in [6, 6.07) is 16.4. The van der Waals surface area contributed by atoms with Gasteiger partial charge in [0.2, 0.25) is 5.91 Å². The summed E-state index contributed by atoms with van der Waals surface area (Å²) in [6.07, 6.45) is 0. The molecular weight excluding hydrogens is 498 g/mol. The summed E-state index contributed by atoms with van der Waals surface area (Å²) in [6.45, 7) is 1.06. The van der Waals surface area contributed by atoms with Crippen molar-refractivity contribution in [2.75, 3.05) is 22.8 Å². The number of amides is 1. The topological polar surface area (TPSA) is 136 Å². The number of benzene rings is 3. The minimum Gasteiger partial charge on any atom is -0.462 e. The number of ether oxygens (including phenoxy) is 1. The average molecular weight is 518 g/mol. The third-order valence-electron chi connectivity index (χ3n) is 4.69. The highest BCUT2D eigenvalue weighted by atomic mass is 35.5. The van der Waals surface area contributed by atoms with Gasteiger partial charge in [0.05, 0.1) is 32.7 Å². The van der Waals surface area contributed by atoms with Crippen LogP contribution in [-0.4, -0.2) is 38.4 Å². The van der Waals surface area contributed by atoms with E-state index in [2.05, 4.69) is 5.32 Å². The number of esters is 1. The molecule has 0 spiro atoms. The number of rotatable bonds is 9. The molecule has 1 amide bonds. The van der Waals surface area contributed by atoms with Crippen LogP contribution >= 0.6 is 11.6 Å². The molecule has 1 N–H and O–H groups in total. The minimum absolute atomic E-state index is 0.0266. The number of carbonyl (C=O) groups is 2. The molecule has 10 nitrogen and oxygen atoms in total. The number of hydrogen-bond acceptors (Lipinski definition) is 7. The predicted molar refractivity (Wildman–Crippen MR) is 130 cm³/mol. The predicted octanol–water partition coefficient (Wildman–Crippen LogP) is 4.26. The molecule has 0 radical (unpaired) electrons. The van der Waals surface area contributed by atoms with Crippen LogP contribution in [0.1, 0.15) is 17.3 Å². The average Bonchev–Trinajstić information content (AvgIpc) is 2.84. The minimum atomic E-state index is -4.26. The Balaban J connectivity index is 1.95. The van der Waals surface area contributed by atoms with E-state index in [-0.39, 0.29) is 39.2 Å². The van der Waals surface area contributed by atoms with E-state index in [1.54, 1.807) is 13.0 Å². The first-order chi connectivity index (χ1) is 16.6. The van der Waals surface area contributed by atoms with Crippen molar-refractivity contribution in [3.63, 3.8) is 0 Å². The molecule has 0 unspecified atom stereocenters. The molecule has 3 aromatic rings. The van der Waals surface area contributed by atoms with Crippen LogP contribution in [0.15, 0.2) is 77.7 Å². The molecular formula is C23H20ClN3O7S. The Labute approximate surface area is 206 Å². The number of nitro benzene ring substituents is 1. The van der Waals surface area contributed by atoms with Crippen molar-refractivity contribution in [1.29, 1.82) is 0 Å². The Hall–Kier alpha value is -3.96. The van der Waals surface area contributed by atoms with Crippen LogP contribution in [0, 0.1) is 10.1 Å². The lowest BCUT2D eigenvalue weighted by Crippen LogP contribution is -2.38. The zero-order chi connectivity index (χ0) is 25.6. The number of hydrogen-bond donors (Lipinski definition) is 1. The largest absolute Gasteiger partial charge is 0.462 e. The zero-order valence-electron chi connectivity index (χ0n) is 18.4. The molecule has 3 rings (SSSR count). The van der Waals surface area contributed by atoms with Crippen LogP contribution in [0.4, 0.5) is 17.1 Å². The van der Waals surface area contributed by atoms with Crippen molar-refractivity contribution in [3.8, 4) is 0 Å². The molecule has 0 saturated carbocycles. The van der Waals surface area contributed by atoms with E-state index in [1.807, 2.05) is 0 Å². The van der Waals surface area contributed by atoms with Gasteiger partial charge in [0.15, 0.2) is 0 Å². The molecule has 0 atom stereocenters. The normalized spacial score (nSPS) is 10.9. The third-order valence-corrected chi connectivity index (χ3v) is 6.81. The van der Waals surface area contributed by atoms with Crippen molar-refractivity contribution in [2.24, 2.45) is 0 Å². The Morgan fingerprint density at radius 1 is 1.06 bits per heavy atom. The first kappa shape index (κ1) is 25.7. The van der Waals surface area contributed by atoms with Crippen LogP contribution in [0.2, 0.25) is 5.02 Å². The Morgan fingerprint density at radius 3 is 2.43 bits per heavy atom. The quantitative estimate of drug-likeness (QED) is 0.254. The van der Waals surface area contributed by atoms with Gasteiger partial charge in [-0.2, -0.15) is 0 Å². The molecule has 182 valence electrons. The highest BCUT2D eigenvalue weighted by Crippen LogP contribution is 2.27. The second-order valence-electron chi connectivity index (χ2n) is 7.06. The van der Waals surface area contributed by atoms with E-state index in [0.29, 0.717) is 0 Å². The summed E-state index contributed by atoms with van der Waals surface area (Å²) in [5, 5.41) is 13.9. The Kier molecular flexibility index (Phi) is 8.05. The molecule has 3 aromatic carbocycles. The third kappa shape index (κ3) is 6.14. The highest BCUT2D eigenvalue weighted by Gasteiger charge is 2.28. The summed E-state index contributed by atoms with van der Waals surface area (Å²) in [7, 11) is -4.26. The second-order valence-corrected chi connectivity index (χ2v) is 9.33. The standard InChI is InChI=1S/C23H20ClN3O7S/c1-2-34-23(29)20-13-16(11-12-21(20)24)25-22(28)15-26(17-7-6-8-18(14-17)27(30)31)35(32,33)19-9-4-3-5-10-19/h3-14H,2,15H2,1H3,(H,25,28). The van der Waals surface area contributed by atoms with Gasteiger partial charge in [-0.15, -0.1) is 0 Å². The van der Waals surface area contributed by atoms with E-state index in [4.69, 9.17) is 16.3 Å². The lowest BCUT2D eigenvalue weighted by molar-refractivity contribution is -0.384. The molecule has 0 fully saturated rings. The van der Waals surface area contributed by atoms with E-state index in [9.17, 15) is 28.1 Å². The number of non-ortho nitro benzene ring substituents is 1. The number of nitrogens with zero attached hydrogens (tertiary/aromatic N) is 2. The van der Waals surface area contributed by atoms with Gasteiger partial charge in [-0.3, -0.25) is 19.2 Å². The summed E-state index contributed by atoms with van der Waals surface area (Å²) < 4.78 is 32.4. The molecule has 35 heavy (non-hydrogen) atoms. The summed E-state index contributed by atoms with van der Waals surface area (Å²) in [5.41, 5.74) is -0.202. The van der Waals surface area contributed by atoms with Crippen molar-refractivity contribution >= 4 is 50.6 Å².